The molecule has 1 amide bonds. The molecule has 1 aromatic heterocycles. The minimum Gasteiger partial charge on any atom is -0.352 e. The first kappa shape index (κ1) is 16.8. The summed E-state index contributed by atoms with van der Waals surface area (Å²) in [7, 11) is 0. The molecule has 1 fully saturated rings. The van der Waals surface area contributed by atoms with Gasteiger partial charge < -0.3 is 5.32 Å². The zero-order valence-corrected chi connectivity index (χ0v) is 13.8. The van der Waals surface area contributed by atoms with Gasteiger partial charge in [-0.05, 0) is 25.0 Å². The van der Waals surface area contributed by atoms with Crippen molar-refractivity contribution >= 4 is 11.7 Å². The van der Waals surface area contributed by atoms with E-state index in [4.69, 9.17) is 0 Å². The highest BCUT2D eigenvalue weighted by Gasteiger charge is 2.31. The summed E-state index contributed by atoms with van der Waals surface area (Å²) in [5.41, 5.74) is 0.753. The number of Topliss-reactive ketones (excluding diaryl/α,β-unsaturated/α-hetero) is 1. The molecule has 128 valence electrons. The molecule has 1 aliphatic carbocycles. The molecule has 7 nitrogen and oxygen atoms in total. The zero-order valence-electron chi connectivity index (χ0n) is 13.8. The second kappa shape index (κ2) is 7.71. The summed E-state index contributed by atoms with van der Waals surface area (Å²) in [5, 5.41) is 19.8. The maximum atomic E-state index is 12.5. The molecule has 0 saturated heterocycles. The number of carbonyl (C=O) groups excluding carboxylic acids is 2. The molecule has 2 aromatic rings. The molecule has 0 aliphatic heterocycles. The van der Waals surface area contributed by atoms with Crippen LogP contribution in [0.15, 0.2) is 36.5 Å². The predicted octanol–water partition coefficient (Wildman–Crippen LogP) is 2.04. The predicted molar refractivity (Wildman–Crippen MR) is 89.8 cm³/mol. The molecule has 1 aliphatic rings. The topological polar surface area (TPSA) is 101 Å². The Morgan fingerprint density at radius 2 is 1.92 bits per heavy atom. The fraction of sp³-hybridized carbons (Fsp3) is 0.389. The number of ketones is 1. The quantitative estimate of drug-likeness (QED) is 0.664. The molecule has 0 radical (unpaired) electrons. The van der Waals surface area contributed by atoms with E-state index < -0.39 is 17.6 Å². The Morgan fingerprint density at radius 3 is 2.60 bits per heavy atom. The standard InChI is InChI=1S/C18H19N5O2/c19-11-15(18(25)20-13-7-3-1-4-8-13)17(24)16-12-23(22-21-16)14-9-5-2-6-10-14/h2,5-6,9-10,12-13,15H,1,3-4,7-8H2,(H,20,25). The Morgan fingerprint density at radius 1 is 1.20 bits per heavy atom. The molecule has 0 spiro atoms. The van der Waals surface area contributed by atoms with Crippen LogP contribution in [-0.2, 0) is 4.79 Å². The second-order valence-electron chi connectivity index (χ2n) is 6.15. The summed E-state index contributed by atoms with van der Waals surface area (Å²) in [6.07, 6.45) is 6.50. The molecule has 3 rings (SSSR count). The largest absolute Gasteiger partial charge is 0.352 e. The third-order valence-corrected chi connectivity index (χ3v) is 4.37. The van der Waals surface area contributed by atoms with Gasteiger partial charge in [0, 0.05) is 6.04 Å². The Hall–Kier alpha value is -3.01. The highest BCUT2D eigenvalue weighted by molar-refractivity contribution is 6.11. The lowest BCUT2D eigenvalue weighted by Crippen LogP contribution is -2.42. The fourth-order valence-corrected chi connectivity index (χ4v) is 3.00. The van der Waals surface area contributed by atoms with Gasteiger partial charge in [0.25, 0.3) is 0 Å². The van der Waals surface area contributed by atoms with Crippen LogP contribution in [0.2, 0.25) is 0 Å². The molecule has 25 heavy (non-hydrogen) atoms. The van der Waals surface area contributed by atoms with E-state index in [-0.39, 0.29) is 11.7 Å². The molecule has 1 aromatic carbocycles. The van der Waals surface area contributed by atoms with Gasteiger partial charge in [0.1, 0.15) is 0 Å². The van der Waals surface area contributed by atoms with Crippen molar-refractivity contribution in [2.45, 2.75) is 38.1 Å². The van der Waals surface area contributed by atoms with Crippen LogP contribution in [0.1, 0.15) is 42.6 Å². The van der Waals surface area contributed by atoms with Gasteiger partial charge >= 0.3 is 0 Å². The molecular weight excluding hydrogens is 318 g/mol. The number of benzene rings is 1. The van der Waals surface area contributed by atoms with Crippen molar-refractivity contribution in [3.63, 3.8) is 0 Å². The van der Waals surface area contributed by atoms with Gasteiger partial charge in [-0.2, -0.15) is 5.26 Å². The first-order valence-electron chi connectivity index (χ1n) is 8.41. The molecular formula is C18H19N5O2. The van der Waals surface area contributed by atoms with E-state index in [1.54, 1.807) is 6.07 Å². The van der Waals surface area contributed by atoms with E-state index in [1.165, 1.54) is 10.9 Å². The number of nitrogens with one attached hydrogen (secondary N) is 1. The molecule has 7 heteroatoms. The maximum absolute atomic E-state index is 12.5. The summed E-state index contributed by atoms with van der Waals surface area (Å²) in [4.78, 5) is 24.8. The minimum atomic E-state index is -1.40. The smallest absolute Gasteiger partial charge is 0.245 e. The lowest BCUT2D eigenvalue weighted by Gasteiger charge is -2.23. The van der Waals surface area contributed by atoms with Crippen molar-refractivity contribution in [2.24, 2.45) is 5.92 Å². The highest BCUT2D eigenvalue weighted by atomic mass is 16.2. The van der Waals surface area contributed by atoms with Crippen molar-refractivity contribution in [1.82, 2.24) is 20.3 Å². The average Bonchev–Trinajstić information content (AvgIpc) is 3.14. The second-order valence-corrected chi connectivity index (χ2v) is 6.15. The summed E-state index contributed by atoms with van der Waals surface area (Å²) in [6.45, 7) is 0. The molecule has 1 N–H and O–H groups in total. The first-order valence-corrected chi connectivity index (χ1v) is 8.41. The number of hydrogen-bond acceptors (Lipinski definition) is 5. The fourth-order valence-electron chi connectivity index (χ4n) is 3.00. The number of amides is 1. The Labute approximate surface area is 145 Å². The van der Waals surface area contributed by atoms with E-state index in [0.717, 1.165) is 37.8 Å². The third-order valence-electron chi connectivity index (χ3n) is 4.37. The van der Waals surface area contributed by atoms with Crippen LogP contribution < -0.4 is 5.32 Å². The molecule has 1 unspecified atom stereocenters. The van der Waals surface area contributed by atoms with Crippen LogP contribution >= 0.6 is 0 Å². The number of nitriles is 1. The molecule has 1 saturated carbocycles. The summed E-state index contributed by atoms with van der Waals surface area (Å²) >= 11 is 0. The van der Waals surface area contributed by atoms with Crippen LogP contribution in [-0.4, -0.2) is 32.7 Å². The Bertz CT molecular complexity index is 787. The van der Waals surface area contributed by atoms with Crippen LogP contribution in [0.3, 0.4) is 0 Å². The van der Waals surface area contributed by atoms with Crippen molar-refractivity contribution in [1.29, 1.82) is 5.26 Å². The highest BCUT2D eigenvalue weighted by Crippen LogP contribution is 2.18. The van der Waals surface area contributed by atoms with Crippen LogP contribution in [0.5, 0.6) is 0 Å². The van der Waals surface area contributed by atoms with Crippen LogP contribution in [0, 0.1) is 17.2 Å². The van der Waals surface area contributed by atoms with Crippen molar-refractivity contribution in [3.05, 3.63) is 42.2 Å². The van der Waals surface area contributed by atoms with Gasteiger partial charge in [0.2, 0.25) is 11.7 Å². The normalized spacial score (nSPS) is 16.0. The van der Waals surface area contributed by atoms with Crippen LogP contribution in [0.4, 0.5) is 0 Å². The monoisotopic (exact) mass is 337 g/mol. The van der Waals surface area contributed by atoms with Gasteiger partial charge in [0.05, 0.1) is 18.0 Å². The zero-order chi connectivity index (χ0) is 17.6. The Balaban J connectivity index is 1.71. The first-order chi connectivity index (χ1) is 12.2. The third kappa shape index (κ3) is 3.91. The van der Waals surface area contributed by atoms with E-state index in [2.05, 4.69) is 15.6 Å². The summed E-state index contributed by atoms with van der Waals surface area (Å²) in [5.74, 6) is -2.57. The van der Waals surface area contributed by atoms with E-state index in [0.29, 0.717) is 0 Å². The van der Waals surface area contributed by atoms with Crippen LogP contribution in [0.25, 0.3) is 5.69 Å². The summed E-state index contributed by atoms with van der Waals surface area (Å²) in [6, 6.07) is 11.0. The number of aromatic nitrogens is 3. The SMILES string of the molecule is N#CC(C(=O)NC1CCCCC1)C(=O)c1cn(-c2ccccc2)nn1. The van der Waals surface area contributed by atoms with Gasteiger partial charge in [0.15, 0.2) is 11.6 Å². The summed E-state index contributed by atoms with van der Waals surface area (Å²) < 4.78 is 1.45. The van der Waals surface area contributed by atoms with Crippen molar-refractivity contribution in [2.75, 3.05) is 0 Å². The number of rotatable bonds is 5. The van der Waals surface area contributed by atoms with Crippen molar-refractivity contribution in [3.8, 4) is 11.8 Å². The molecule has 0 bridgehead atoms. The molecule has 1 heterocycles. The van der Waals surface area contributed by atoms with Gasteiger partial charge in [-0.3, -0.25) is 9.59 Å². The Kier molecular flexibility index (Phi) is 5.19. The van der Waals surface area contributed by atoms with Crippen molar-refractivity contribution < 1.29 is 9.59 Å². The average molecular weight is 337 g/mol. The van der Waals surface area contributed by atoms with Gasteiger partial charge in [-0.15, -0.1) is 5.10 Å². The number of carbonyl (C=O) groups is 2. The van der Waals surface area contributed by atoms with E-state index in [1.807, 2.05) is 30.3 Å². The maximum Gasteiger partial charge on any atom is 0.245 e. The number of para-hydroxylation sites is 1. The van der Waals surface area contributed by atoms with Gasteiger partial charge in [-0.1, -0.05) is 42.7 Å². The lowest BCUT2D eigenvalue weighted by molar-refractivity contribution is -0.123. The molecule has 1 atom stereocenters. The lowest BCUT2D eigenvalue weighted by atomic mass is 9.94. The van der Waals surface area contributed by atoms with E-state index >= 15 is 0 Å². The van der Waals surface area contributed by atoms with Gasteiger partial charge in [-0.25, -0.2) is 4.68 Å². The minimum absolute atomic E-state index is 0.00852. The van der Waals surface area contributed by atoms with E-state index in [9.17, 15) is 14.9 Å². The number of hydrogen-bond donors (Lipinski definition) is 1. The number of nitrogens with zero attached hydrogens (tertiary/aromatic N) is 4.